The molecule has 4 heteroatoms. The largest absolute Gasteiger partial charge is 0.466 e. The van der Waals surface area contributed by atoms with Gasteiger partial charge in [0.05, 0.1) is 13.0 Å². The van der Waals surface area contributed by atoms with Crippen LogP contribution in [0.2, 0.25) is 0 Å². The minimum absolute atomic E-state index is 0.00852. The predicted molar refractivity (Wildman–Crippen MR) is 60.5 cm³/mol. The normalized spacial score (nSPS) is 19.8. The lowest BCUT2D eigenvalue weighted by Gasteiger charge is -2.30. The molecule has 2 N–H and O–H groups in total. The summed E-state index contributed by atoms with van der Waals surface area (Å²) in [6, 6.07) is 0. The van der Waals surface area contributed by atoms with Gasteiger partial charge in [-0.2, -0.15) is 0 Å². The number of esters is 1. The highest BCUT2D eigenvalue weighted by Crippen LogP contribution is 2.35. The average molecular weight is 225 g/mol. The molecule has 0 aromatic carbocycles. The van der Waals surface area contributed by atoms with E-state index in [2.05, 4.69) is 0 Å². The maximum absolute atomic E-state index is 11.8. The van der Waals surface area contributed by atoms with E-state index in [9.17, 15) is 9.59 Å². The maximum Gasteiger partial charge on any atom is 0.310 e. The molecule has 0 atom stereocenters. The molecule has 0 aromatic rings. The lowest BCUT2D eigenvalue weighted by molar-refractivity contribution is -0.143. The number of rotatable bonds is 3. The summed E-state index contributed by atoms with van der Waals surface area (Å²) in [5.74, 6) is -0.407. The Bertz CT molecular complexity index is 342. The van der Waals surface area contributed by atoms with Crippen LogP contribution in [-0.4, -0.2) is 18.4 Å². The molecule has 90 valence electrons. The number of hydrogen-bond acceptors (Lipinski definition) is 4. The Labute approximate surface area is 95.8 Å². The topological polar surface area (TPSA) is 69.4 Å². The Morgan fingerprint density at radius 2 is 2.06 bits per heavy atom. The Morgan fingerprint density at radius 1 is 1.44 bits per heavy atom. The summed E-state index contributed by atoms with van der Waals surface area (Å²) in [5, 5.41) is 0. The number of nitrogens with two attached hydrogens (primary N) is 1. The fourth-order valence-corrected chi connectivity index (χ4v) is 1.97. The first kappa shape index (κ1) is 12.7. The smallest absolute Gasteiger partial charge is 0.310 e. The first-order chi connectivity index (χ1) is 7.35. The molecule has 1 aliphatic rings. The molecule has 0 saturated heterocycles. The average Bonchev–Trinajstić information content (AvgIpc) is 2.10. The SMILES string of the molecule is CCOC(=O)CC1=C(N)CC(C)(C)CC1=O. The fraction of sp³-hybridized carbons (Fsp3) is 0.667. The van der Waals surface area contributed by atoms with Gasteiger partial charge in [0, 0.05) is 17.7 Å². The molecule has 0 radical (unpaired) electrons. The molecule has 0 bridgehead atoms. The molecule has 1 rings (SSSR count). The summed E-state index contributed by atoms with van der Waals surface area (Å²) < 4.78 is 4.81. The number of ketones is 1. The lowest BCUT2D eigenvalue weighted by Crippen LogP contribution is -2.29. The van der Waals surface area contributed by atoms with E-state index in [0.717, 1.165) is 0 Å². The first-order valence-electron chi connectivity index (χ1n) is 5.52. The minimum Gasteiger partial charge on any atom is -0.466 e. The van der Waals surface area contributed by atoms with Crippen molar-refractivity contribution in [3.05, 3.63) is 11.3 Å². The van der Waals surface area contributed by atoms with Crippen molar-refractivity contribution >= 4 is 11.8 Å². The minimum atomic E-state index is -0.381. The molecule has 0 amide bonds. The van der Waals surface area contributed by atoms with Crippen molar-refractivity contribution in [1.82, 2.24) is 0 Å². The van der Waals surface area contributed by atoms with Gasteiger partial charge in [-0.25, -0.2) is 0 Å². The van der Waals surface area contributed by atoms with E-state index in [4.69, 9.17) is 10.5 Å². The van der Waals surface area contributed by atoms with Gasteiger partial charge in [0.25, 0.3) is 0 Å². The van der Waals surface area contributed by atoms with Gasteiger partial charge in [-0.1, -0.05) is 13.8 Å². The van der Waals surface area contributed by atoms with Crippen LogP contribution in [0.25, 0.3) is 0 Å². The highest BCUT2D eigenvalue weighted by molar-refractivity contribution is 6.00. The van der Waals surface area contributed by atoms with Crippen LogP contribution in [0.5, 0.6) is 0 Å². The highest BCUT2D eigenvalue weighted by Gasteiger charge is 2.32. The van der Waals surface area contributed by atoms with E-state index < -0.39 is 0 Å². The Balaban J connectivity index is 2.79. The van der Waals surface area contributed by atoms with E-state index in [1.165, 1.54) is 0 Å². The number of allylic oxidation sites excluding steroid dienone is 1. The zero-order chi connectivity index (χ0) is 12.3. The summed E-state index contributed by atoms with van der Waals surface area (Å²) in [4.78, 5) is 23.1. The maximum atomic E-state index is 11.8. The van der Waals surface area contributed by atoms with Gasteiger partial charge >= 0.3 is 5.97 Å². The summed E-state index contributed by atoms with van der Waals surface area (Å²) in [7, 11) is 0. The van der Waals surface area contributed by atoms with Gasteiger partial charge in [-0.3, -0.25) is 9.59 Å². The summed E-state index contributed by atoms with van der Waals surface area (Å²) >= 11 is 0. The van der Waals surface area contributed by atoms with Crippen molar-refractivity contribution in [2.45, 2.75) is 40.0 Å². The van der Waals surface area contributed by atoms with Crippen LogP contribution in [0, 0.1) is 5.41 Å². The van der Waals surface area contributed by atoms with Gasteiger partial charge < -0.3 is 10.5 Å². The molecular formula is C12H19NO3. The van der Waals surface area contributed by atoms with Crippen LogP contribution >= 0.6 is 0 Å². The van der Waals surface area contributed by atoms with Gasteiger partial charge in [0.1, 0.15) is 0 Å². The van der Waals surface area contributed by atoms with Crippen LogP contribution < -0.4 is 5.73 Å². The van der Waals surface area contributed by atoms with Crippen LogP contribution in [0.4, 0.5) is 0 Å². The van der Waals surface area contributed by atoms with Crippen LogP contribution in [0.1, 0.15) is 40.0 Å². The quantitative estimate of drug-likeness (QED) is 0.740. The number of ether oxygens (including phenoxy) is 1. The highest BCUT2D eigenvalue weighted by atomic mass is 16.5. The molecular weight excluding hydrogens is 206 g/mol. The number of Topliss-reactive ketones (excluding diaryl/α,β-unsaturated/α-hetero) is 1. The molecule has 0 aliphatic heterocycles. The fourth-order valence-electron chi connectivity index (χ4n) is 1.97. The molecule has 16 heavy (non-hydrogen) atoms. The summed E-state index contributed by atoms with van der Waals surface area (Å²) in [5.41, 5.74) is 6.72. The van der Waals surface area contributed by atoms with Crippen molar-refractivity contribution < 1.29 is 14.3 Å². The second-order valence-electron chi connectivity index (χ2n) is 4.93. The number of carbonyl (C=O) groups is 2. The van der Waals surface area contributed by atoms with Crippen molar-refractivity contribution in [1.29, 1.82) is 0 Å². The van der Waals surface area contributed by atoms with Crippen molar-refractivity contribution in [3.8, 4) is 0 Å². The van der Waals surface area contributed by atoms with Gasteiger partial charge in [0.15, 0.2) is 5.78 Å². The Morgan fingerprint density at radius 3 is 2.56 bits per heavy atom. The summed E-state index contributed by atoms with van der Waals surface area (Å²) in [6.07, 6.45) is 1.12. The Hall–Kier alpha value is -1.32. The lowest BCUT2D eigenvalue weighted by atomic mass is 9.75. The van der Waals surface area contributed by atoms with Crippen molar-refractivity contribution in [2.24, 2.45) is 11.1 Å². The first-order valence-corrected chi connectivity index (χ1v) is 5.52. The molecule has 1 aliphatic carbocycles. The molecule has 0 spiro atoms. The van der Waals surface area contributed by atoms with Crippen LogP contribution in [-0.2, 0) is 14.3 Å². The van der Waals surface area contributed by atoms with E-state index >= 15 is 0 Å². The number of hydrogen-bond donors (Lipinski definition) is 1. The van der Waals surface area contributed by atoms with Gasteiger partial charge in [-0.15, -0.1) is 0 Å². The third-order valence-electron chi connectivity index (χ3n) is 2.66. The molecule has 4 nitrogen and oxygen atoms in total. The molecule has 0 heterocycles. The molecule has 0 unspecified atom stereocenters. The molecule has 0 fully saturated rings. The van der Waals surface area contributed by atoms with Gasteiger partial charge in [0.2, 0.25) is 0 Å². The van der Waals surface area contributed by atoms with E-state index in [1.807, 2.05) is 13.8 Å². The molecule has 0 aromatic heterocycles. The Kier molecular flexibility index (Phi) is 3.73. The zero-order valence-electron chi connectivity index (χ0n) is 10.1. The second-order valence-corrected chi connectivity index (χ2v) is 4.93. The standard InChI is InChI=1S/C12H19NO3/c1-4-16-11(15)5-8-9(13)6-12(2,3)7-10(8)14/h4-7,13H2,1-3H3. The predicted octanol–water partition coefficient (Wildman–Crippen LogP) is 1.54. The van der Waals surface area contributed by atoms with E-state index in [0.29, 0.717) is 30.7 Å². The van der Waals surface area contributed by atoms with E-state index in [1.54, 1.807) is 6.92 Å². The van der Waals surface area contributed by atoms with Crippen LogP contribution in [0.3, 0.4) is 0 Å². The third-order valence-corrected chi connectivity index (χ3v) is 2.66. The van der Waals surface area contributed by atoms with E-state index in [-0.39, 0.29) is 23.6 Å². The van der Waals surface area contributed by atoms with Crippen molar-refractivity contribution in [2.75, 3.05) is 6.61 Å². The van der Waals surface area contributed by atoms with Crippen LogP contribution in [0.15, 0.2) is 11.3 Å². The molecule has 0 saturated carbocycles. The van der Waals surface area contributed by atoms with Crippen molar-refractivity contribution in [3.63, 3.8) is 0 Å². The summed E-state index contributed by atoms with van der Waals surface area (Å²) in [6.45, 7) is 6.06. The number of carbonyl (C=O) groups excluding carboxylic acids is 2. The van der Waals surface area contributed by atoms with Gasteiger partial charge in [-0.05, 0) is 18.8 Å². The monoisotopic (exact) mass is 225 g/mol. The third kappa shape index (κ3) is 3.08. The second kappa shape index (κ2) is 4.68. The zero-order valence-corrected chi connectivity index (χ0v) is 10.1.